The highest BCUT2D eigenvalue weighted by Gasteiger charge is 2.32. The zero-order chi connectivity index (χ0) is 18.9. The third-order valence-corrected chi connectivity index (χ3v) is 7.23. The molecule has 1 aliphatic heterocycles. The number of nitrogens with zero attached hydrogens (tertiary/aromatic N) is 2. The second-order valence-electron chi connectivity index (χ2n) is 6.15. The molecule has 0 unspecified atom stereocenters. The Morgan fingerprint density at radius 1 is 1.08 bits per heavy atom. The molecule has 1 fully saturated rings. The van der Waals surface area contributed by atoms with Crippen molar-refractivity contribution in [3.8, 4) is 5.75 Å². The van der Waals surface area contributed by atoms with Crippen LogP contribution in [0.5, 0.6) is 5.75 Å². The summed E-state index contributed by atoms with van der Waals surface area (Å²) in [6.07, 6.45) is 0. The predicted molar refractivity (Wildman–Crippen MR) is 107 cm³/mol. The van der Waals surface area contributed by atoms with E-state index in [1.54, 1.807) is 24.0 Å². The highest BCUT2D eigenvalue weighted by atomic mass is 127. The van der Waals surface area contributed by atoms with E-state index >= 15 is 0 Å². The van der Waals surface area contributed by atoms with Gasteiger partial charge in [-0.15, -0.1) is 0 Å². The van der Waals surface area contributed by atoms with Gasteiger partial charge in [0.2, 0.25) is 10.0 Å². The van der Waals surface area contributed by atoms with Crippen molar-refractivity contribution in [2.24, 2.45) is 0 Å². The van der Waals surface area contributed by atoms with E-state index in [0.717, 1.165) is 9.13 Å². The van der Waals surface area contributed by atoms with Gasteiger partial charge in [0.25, 0.3) is 5.91 Å². The number of aromatic hydroxyl groups is 1. The number of phenols is 1. The van der Waals surface area contributed by atoms with Crippen LogP contribution >= 0.6 is 22.6 Å². The number of carbonyl (C=O) groups is 1. The number of phenolic OH excluding ortho intramolecular Hbond substituents is 1. The highest BCUT2D eigenvalue weighted by molar-refractivity contribution is 14.1. The van der Waals surface area contributed by atoms with Gasteiger partial charge >= 0.3 is 0 Å². The van der Waals surface area contributed by atoms with Crippen molar-refractivity contribution >= 4 is 38.5 Å². The fourth-order valence-electron chi connectivity index (χ4n) is 2.90. The number of aryl methyl sites for hydroxylation is 1. The Hall–Kier alpha value is -1.65. The van der Waals surface area contributed by atoms with Crippen LogP contribution in [0.4, 0.5) is 0 Å². The molecule has 0 aliphatic carbocycles. The van der Waals surface area contributed by atoms with E-state index in [9.17, 15) is 18.3 Å². The first-order chi connectivity index (χ1) is 12.3. The summed E-state index contributed by atoms with van der Waals surface area (Å²) in [5, 5.41) is 9.95. The van der Waals surface area contributed by atoms with Gasteiger partial charge in [-0.2, -0.15) is 4.31 Å². The minimum absolute atomic E-state index is 0.0881. The van der Waals surface area contributed by atoms with Gasteiger partial charge in [0.05, 0.1) is 5.56 Å². The molecule has 1 amide bonds. The van der Waals surface area contributed by atoms with Gasteiger partial charge in [0, 0.05) is 29.7 Å². The van der Waals surface area contributed by atoms with Gasteiger partial charge in [-0.1, -0.05) is 18.2 Å². The summed E-state index contributed by atoms with van der Waals surface area (Å²) >= 11 is 2.12. The molecule has 1 aliphatic rings. The molecule has 0 aromatic heterocycles. The zero-order valence-corrected chi connectivity index (χ0v) is 17.2. The van der Waals surface area contributed by atoms with Crippen molar-refractivity contribution in [2.45, 2.75) is 11.8 Å². The van der Waals surface area contributed by atoms with Crippen LogP contribution in [0.3, 0.4) is 0 Å². The molecule has 0 saturated carbocycles. The molecule has 6 nitrogen and oxygen atoms in total. The van der Waals surface area contributed by atoms with E-state index in [2.05, 4.69) is 22.6 Å². The van der Waals surface area contributed by atoms with Gasteiger partial charge in [0.1, 0.15) is 10.6 Å². The van der Waals surface area contributed by atoms with Gasteiger partial charge in [0.15, 0.2) is 0 Å². The zero-order valence-electron chi connectivity index (χ0n) is 14.2. The molecule has 0 bridgehead atoms. The molecule has 0 spiro atoms. The number of hydrogen-bond acceptors (Lipinski definition) is 4. The second kappa shape index (κ2) is 7.53. The number of halogens is 1. The van der Waals surface area contributed by atoms with E-state index in [0.29, 0.717) is 18.7 Å². The Balaban J connectivity index is 1.75. The van der Waals surface area contributed by atoms with Crippen molar-refractivity contribution < 1.29 is 18.3 Å². The average molecular weight is 486 g/mol. The van der Waals surface area contributed by atoms with E-state index < -0.39 is 10.0 Å². The van der Waals surface area contributed by atoms with Crippen molar-refractivity contribution in [3.63, 3.8) is 0 Å². The molecular weight excluding hydrogens is 467 g/mol. The fraction of sp³-hybridized carbons (Fsp3) is 0.278. The van der Waals surface area contributed by atoms with E-state index in [1.165, 1.54) is 16.4 Å². The number of amides is 1. The van der Waals surface area contributed by atoms with E-state index in [1.807, 2.05) is 18.2 Å². The standard InChI is InChI=1S/C18H19IN2O4S/c1-13-6-7-16(22)17(12-13)26(24,25)21-10-8-20(9-11-21)18(23)14-4-2-3-5-15(14)19/h2-7,12,22H,8-11H2,1H3. The maximum Gasteiger partial charge on any atom is 0.255 e. The quantitative estimate of drug-likeness (QED) is 0.677. The minimum atomic E-state index is -3.79. The molecule has 1 heterocycles. The fourth-order valence-corrected chi connectivity index (χ4v) is 5.11. The Kier molecular flexibility index (Phi) is 5.54. The lowest BCUT2D eigenvalue weighted by Gasteiger charge is -2.34. The van der Waals surface area contributed by atoms with Crippen LogP contribution in [0.15, 0.2) is 47.4 Å². The van der Waals surface area contributed by atoms with Crippen LogP contribution in [-0.2, 0) is 10.0 Å². The highest BCUT2D eigenvalue weighted by Crippen LogP contribution is 2.27. The van der Waals surface area contributed by atoms with Gasteiger partial charge in [-0.25, -0.2) is 8.42 Å². The van der Waals surface area contributed by atoms with Crippen LogP contribution in [0.1, 0.15) is 15.9 Å². The summed E-state index contributed by atoms with van der Waals surface area (Å²) < 4.78 is 27.8. The topological polar surface area (TPSA) is 77.9 Å². The number of carbonyl (C=O) groups excluding carboxylic acids is 1. The summed E-state index contributed by atoms with van der Waals surface area (Å²) in [6.45, 7) is 2.80. The number of hydrogen-bond donors (Lipinski definition) is 1. The van der Waals surface area contributed by atoms with Crippen molar-refractivity contribution in [2.75, 3.05) is 26.2 Å². The molecule has 1 saturated heterocycles. The van der Waals surface area contributed by atoms with Gasteiger partial charge < -0.3 is 10.0 Å². The predicted octanol–water partition coefficient (Wildman–Crippen LogP) is 2.45. The molecule has 2 aromatic rings. The van der Waals surface area contributed by atoms with Crippen molar-refractivity contribution in [1.29, 1.82) is 0 Å². The largest absolute Gasteiger partial charge is 0.507 e. The number of sulfonamides is 1. The smallest absolute Gasteiger partial charge is 0.255 e. The molecule has 0 radical (unpaired) electrons. The summed E-state index contributed by atoms with van der Waals surface area (Å²) in [6, 6.07) is 11.8. The molecule has 3 rings (SSSR count). The van der Waals surface area contributed by atoms with Crippen molar-refractivity contribution in [3.05, 3.63) is 57.2 Å². The molecular formula is C18H19IN2O4S. The number of piperazine rings is 1. The van der Waals surface area contributed by atoms with Crippen LogP contribution in [0, 0.1) is 10.5 Å². The summed E-state index contributed by atoms with van der Waals surface area (Å²) in [4.78, 5) is 14.2. The maximum atomic E-state index is 12.8. The first-order valence-corrected chi connectivity index (χ1v) is 10.7. The van der Waals surface area contributed by atoms with Crippen LogP contribution in [0.2, 0.25) is 0 Å². The first-order valence-electron chi connectivity index (χ1n) is 8.14. The average Bonchev–Trinajstić information content (AvgIpc) is 2.63. The van der Waals surface area contributed by atoms with E-state index in [-0.39, 0.29) is 29.6 Å². The van der Waals surface area contributed by atoms with Crippen LogP contribution in [0.25, 0.3) is 0 Å². The Labute approximate surface area is 166 Å². The minimum Gasteiger partial charge on any atom is -0.507 e. The molecule has 0 atom stereocenters. The second-order valence-corrected chi connectivity index (χ2v) is 9.22. The van der Waals surface area contributed by atoms with Crippen molar-refractivity contribution in [1.82, 2.24) is 9.21 Å². The molecule has 26 heavy (non-hydrogen) atoms. The van der Waals surface area contributed by atoms with Crippen LogP contribution < -0.4 is 0 Å². The summed E-state index contributed by atoms with van der Waals surface area (Å²) in [5.41, 5.74) is 1.38. The lowest BCUT2D eigenvalue weighted by atomic mass is 10.2. The normalized spacial score (nSPS) is 15.8. The molecule has 2 aromatic carbocycles. The third kappa shape index (κ3) is 3.72. The first kappa shape index (κ1) is 19.1. The summed E-state index contributed by atoms with van der Waals surface area (Å²) in [7, 11) is -3.79. The Morgan fingerprint density at radius 2 is 1.73 bits per heavy atom. The van der Waals surface area contributed by atoms with Gasteiger partial charge in [-0.05, 0) is 59.3 Å². The summed E-state index contributed by atoms with van der Waals surface area (Å²) in [5.74, 6) is -0.349. The number of benzene rings is 2. The molecule has 8 heteroatoms. The van der Waals surface area contributed by atoms with Gasteiger partial charge in [-0.3, -0.25) is 4.79 Å². The maximum absolute atomic E-state index is 12.8. The Bertz CT molecular complexity index is 938. The number of rotatable bonds is 3. The third-order valence-electron chi connectivity index (χ3n) is 4.36. The lowest BCUT2D eigenvalue weighted by molar-refractivity contribution is 0.0696. The monoisotopic (exact) mass is 486 g/mol. The SMILES string of the molecule is Cc1ccc(O)c(S(=O)(=O)N2CCN(C(=O)c3ccccc3I)CC2)c1. The lowest BCUT2D eigenvalue weighted by Crippen LogP contribution is -2.50. The molecule has 1 N–H and O–H groups in total. The Morgan fingerprint density at radius 3 is 2.38 bits per heavy atom. The van der Waals surface area contributed by atoms with Crippen LogP contribution in [-0.4, -0.2) is 54.8 Å². The molecule has 138 valence electrons. The van der Waals surface area contributed by atoms with E-state index in [4.69, 9.17) is 0 Å².